The first-order valence-electron chi connectivity index (χ1n) is 7.65. The molecule has 0 aliphatic heterocycles. The summed E-state index contributed by atoms with van der Waals surface area (Å²) in [5.41, 5.74) is 3.52. The average molecular weight is 317 g/mol. The summed E-state index contributed by atoms with van der Waals surface area (Å²) in [7, 11) is 0. The van der Waals surface area contributed by atoms with Gasteiger partial charge in [0.1, 0.15) is 0 Å². The fourth-order valence-electron chi connectivity index (χ4n) is 2.53. The molecule has 0 unspecified atom stereocenters. The summed E-state index contributed by atoms with van der Waals surface area (Å²) in [5.74, 6) is 0.950. The fourth-order valence-corrected chi connectivity index (χ4v) is 2.53. The summed E-state index contributed by atoms with van der Waals surface area (Å²) in [6, 6.07) is 19.8. The number of rotatable bonds is 4. The van der Waals surface area contributed by atoms with Crippen LogP contribution in [0.15, 0.2) is 65.1 Å². The van der Waals surface area contributed by atoms with Crippen molar-refractivity contribution in [3.63, 3.8) is 0 Å². The van der Waals surface area contributed by atoms with Crippen LogP contribution in [0.2, 0.25) is 0 Å². The molecule has 4 rings (SSSR count). The van der Waals surface area contributed by atoms with Gasteiger partial charge in [0, 0.05) is 0 Å². The van der Waals surface area contributed by atoms with E-state index in [1.165, 1.54) is 0 Å². The van der Waals surface area contributed by atoms with Gasteiger partial charge in [0.05, 0.1) is 17.8 Å². The third-order valence-corrected chi connectivity index (χ3v) is 3.76. The minimum Gasteiger partial charge on any atom is -0.419 e. The van der Waals surface area contributed by atoms with Crippen LogP contribution >= 0.6 is 0 Å². The minimum atomic E-state index is 0.389. The van der Waals surface area contributed by atoms with Crippen molar-refractivity contribution >= 4 is 0 Å². The maximum absolute atomic E-state index is 5.77. The average Bonchev–Trinajstić information content (AvgIpc) is 3.23. The summed E-state index contributed by atoms with van der Waals surface area (Å²) in [6.45, 7) is 1.93. The molecule has 0 aliphatic carbocycles. The Bertz CT molecular complexity index is 944. The van der Waals surface area contributed by atoms with E-state index in [0.29, 0.717) is 23.9 Å². The highest BCUT2D eigenvalue weighted by Gasteiger charge is 2.18. The molecule has 6 nitrogen and oxygen atoms in total. The summed E-state index contributed by atoms with van der Waals surface area (Å²) < 4.78 is 7.53. The molecular formula is C18H15N5O. The Morgan fingerprint density at radius 1 is 0.875 bits per heavy atom. The quantitative estimate of drug-likeness (QED) is 0.578. The molecule has 6 heteroatoms. The largest absolute Gasteiger partial charge is 0.419 e. The number of nitrogens with zero attached hydrogens (tertiary/aromatic N) is 5. The smallest absolute Gasteiger partial charge is 0.270 e. The van der Waals surface area contributed by atoms with Gasteiger partial charge in [0.2, 0.25) is 5.89 Å². The molecule has 4 aromatic rings. The summed E-state index contributed by atoms with van der Waals surface area (Å²) in [5, 5.41) is 16.6. The predicted molar refractivity (Wildman–Crippen MR) is 88.6 cm³/mol. The molecule has 0 aliphatic rings. The Balaban J connectivity index is 1.62. The van der Waals surface area contributed by atoms with Crippen molar-refractivity contribution in [1.82, 2.24) is 25.2 Å². The van der Waals surface area contributed by atoms with Crippen molar-refractivity contribution < 1.29 is 4.42 Å². The molecule has 24 heavy (non-hydrogen) atoms. The molecule has 0 radical (unpaired) electrons. The van der Waals surface area contributed by atoms with Gasteiger partial charge in [-0.1, -0.05) is 53.7 Å². The van der Waals surface area contributed by atoms with E-state index in [2.05, 4.69) is 20.5 Å². The lowest BCUT2D eigenvalue weighted by atomic mass is 10.2. The molecule has 0 fully saturated rings. The van der Waals surface area contributed by atoms with Gasteiger partial charge in [-0.2, -0.15) is 0 Å². The van der Waals surface area contributed by atoms with Gasteiger partial charge in [-0.05, 0) is 24.6 Å². The molecule has 0 atom stereocenters. The molecule has 2 aromatic carbocycles. The van der Waals surface area contributed by atoms with E-state index in [-0.39, 0.29) is 0 Å². The van der Waals surface area contributed by atoms with Crippen LogP contribution in [0.5, 0.6) is 0 Å². The highest BCUT2D eigenvalue weighted by Crippen LogP contribution is 2.22. The van der Waals surface area contributed by atoms with Crippen molar-refractivity contribution in [3.8, 4) is 17.3 Å². The molecular weight excluding hydrogens is 302 g/mol. The molecule has 0 N–H and O–H groups in total. The highest BCUT2D eigenvalue weighted by molar-refractivity contribution is 5.51. The first kappa shape index (κ1) is 14.3. The minimum absolute atomic E-state index is 0.389. The first-order valence-corrected chi connectivity index (χ1v) is 7.65. The maximum Gasteiger partial charge on any atom is 0.270 e. The van der Waals surface area contributed by atoms with Crippen LogP contribution < -0.4 is 0 Å². The van der Waals surface area contributed by atoms with Gasteiger partial charge in [0.25, 0.3) is 5.89 Å². The summed E-state index contributed by atoms with van der Waals surface area (Å²) in [4.78, 5) is 0. The molecule has 0 amide bonds. The van der Waals surface area contributed by atoms with Gasteiger partial charge < -0.3 is 4.42 Å². The summed E-state index contributed by atoms with van der Waals surface area (Å²) >= 11 is 0. The Kier molecular flexibility index (Phi) is 3.63. The van der Waals surface area contributed by atoms with Crippen molar-refractivity contribution in [2.45, 2.75) is 13.3 Å². The molecule has 0 bridgehead atoms. The molecule has 0 saturated carbocycles. The van der Waals surface area contributed by atoms with Crippen molar-refractivity contribution in [3.05, 3.63) is 77.8 Å². The van der Waals surface area contributed by atoms with Gasteiger partial charge in [0.15, 0.2) is 5.69 Å². The molecule has 0 spiro atoms. The first-order chi connectivity index (χ1) is 11.8. The predicted octanol–water partition coefficient (Wildman–Crippen LogP) is 3.22. The van der Waals surface area contributed by atoms with E-state index in [9.17, 15) is 0 Å². The van der Waals surface area contributed by atoms with E-state index in [1.807, 2.05) is 67.6 Å². The summed E-state index contributed by atoms with van der Waals surface area (Å²) in [6.07, 6.45) is 0.597. The Morgan fingerprint density at radius 2 is 1.58 bits per heavy atom. The van der Waals surface area contributed by atoms with Crippen molar-refractivity contribution in [2.24, 2.45) is 0 Å². The second-order valence-electron chi connectivity index (χ2n) is 5.43. The lowest BCUT2D eigenvalue weighted by molar-refractivity contribution is 0.516. The molecule has 2 aromatic heterocycles. The topological polar surface area (TPSA) is 69.6 Å². The number of benzene rings is 2. The third-order valence-electron chi connectivity index (χ3n) is 3.76. The lowest BCUT2D eigenvalue weighted by Crippen LogP contribution is -1.98. The number of para-hydroxylation sites is 1. The zero-order valence-corrected chi connectivity index (χ0v) is 13.1. The zero-order chi connectivity index (χ0) is 16.4. The van der Waals surface area contributed by atoms with Crippen molar-refractivity contribution in [1.29, 1.82) is 0 Å². The van der Waals surface area contributed by atoms with Crippen LogP contribution in [0.3, 0.4) is 0 Å². The van der Waals surface area contributed by atoms with E-state index in [4.69, 9.17) is 4.42 Å². The van der Waals surface area contributed by atoms with E-state index >= 15 is 0 Å². The van der Waals surface area contributed by atoms with E-state index in [0.717, 1.165) is 16.9 Å². The van der Waals surface area contributed by atoms with Crippen LogP contribution in [0.4, 0.5) is 0 Å². The van der Waals surface area contributed by atoms with Gasteiger partial charge >= 0.3 is 0 Å². The Morgan fingerprint density at radius 3 is 2.33 bits per heavy atom. The van der Waals surface area contributed by atoms with E-state index in [1.54, 1.807) is 4.68 Å². The van der Waals surface area contributed by atoms with E-state index < -0.39 is 0 Å². The van der Waals surface area contributed by atoms with Gasteiger partial charge in [-0.15, -0.1) is 15.3 Å². The molecule has 118 valence electrons. The second kappa shape index (κ2) is 6.08. The van der Waals surface area contributed by atoms with Crippen LogP contribution in [0.25, 0.3) is 17.3 Å². The number of aromatic nitrogens is 5. The van der Waals surface area contributed by atoms with Gasteiger partial charge in [-0.3, -0.25) is 0 Å². The monoisotopic (exact) mass is 317 g/mol. The Labute approximate surface area is 138 Å². The SMILES string of the molecule is Cc1c(-c2nnc(Cc3ccccc3)o2)nnn1-c1ccccc1. The zero-order valence-electron chi connectivity index (χ0n) is 13.1. The standard InChI is InChI=1S/C18H15N5O/c1-13-17(20-22-23(13)15-10-6-3-7-11-15)18-21-19-16(24-18)12-14-8-4-2-5-9-14/h2-11H,12H2,1H3. The maximum atomic E-state index is 5.77. The molecule has 2 heterocycles. The third kappa shape index (κ3) is 2.69. The van der Waals surface area contributed by atoms with Crippen LogP contribution in [0, 0.1) is 6.92 Å². The molecule has 0 saturated heterocycles. The van der Waals surface area contributed by atoms with Crippen LogP contribution in [-0.4, -0.2) is 25.2 Å². The number of hydrogen-bond donors (Lipinski definition) is 0. The fraction of sp³-hybridized carbons (Fsp3) is 0.111. The second-order valence-corrected chi connectivity index (χ2v) is 5.43. The van der Waals surface area contributed by atoms with Crippen LogP contribution in [0.1, 0.15) is 17.1 Å². The van der Waals surface area contributed by atoms with Crippen LogP contribution in [-0.2, 0) is 6.42 Å². The Hall–Kier alpha value is -3.28. The van der Waals surface area contributed by atoms with Gasteiger partial charge in [-0.25, -0.2) is 4.68 Å². The normalized spacial score (nSPS) is 10.9. The highest BCUT2D eigenvalue weighted by atomic mass is 16.4. The van der Waals surface area contributed by atoms with Crippen molar-refractivity contribution in [2.75, 3.05) is 0 Å². The number of hydrogen-bond acceptors (Lipinski definition) is 5. The lowest BCUT2D eigenvalue weighted by Gasteiger charge is -2.01.